The number of hydrogen-bond donors (Lipinski definition) is 3. The number of unbranched alkanes of at least 4 members (excludes halogenated alkanes) is 2. The fourth-order valence-electron chi connectivity index (χ4n) is 2.11. The molecule has 0 aliphatic heterocycles. The molecular formula is C19H27N3O3. The normalized spacial score (nSPS) is 11.0. The second kappa shape index (κ2) is 11.9. The van der Waals surface area contributed by atoms with Gasteiger partial charge in [0.15, 0.2) is 0 Å². The Labute approximate surface area is 149 Å². The molecule has 1 aromatic rings. The third-order valence-corrected chi connectivity index (χ3v) is 3.56. The van der Waals surface area contributed by atoms with Crippen LogP contribution in [0.5, 0.6) is 0 Å². The van der Waals surface area contributed by atoms with Gasteiger partial charge in [0.25, 0.3) is 0 Å². The molecule has 0 saturated carbocycles. The number of hydroxylamine groups is 1. The first-order chi connectivity index (χ1) is 12.0. The maximum atomic E-state index is 11.6. The lowest BCUT2D eigenvalue weighted by molar-refractivity contribution is -0.129. The highest BCUT2D eigenvalue weighted by Gasteiger charge is 1.99. The van der Waals surface area contributed by atoms with E-state index in [2.05, 4.69) is 5.32 Å². The lowest BCUT2D eigenvalue weighted by atomic mass is 10.2. The molecule has 6 heteroatoms. The highest BCUT2D eigenvalue weighted by Crippen LogP contribution is 2.13. The van der Waals surface area contributed by atoms with Crippen molar-refractivity contribution in [1.29, 1.82) is 0 Å². The minimum absolute atomic E-state index is 0.138. The van der Waals surface area contributed by atoms with E-state index in [1.807, 2.05) is 55.4 Å². The lowest BCUT2D eigenvalue weighted by Crippen LogP contribution is -2.22. The van der Waals surface area contributed by atoms with E-state index < -0.39 is 0 Å². The summed E-state index contributed by atoms with van der Waals surface area (Å²) in [4.78, 5) is 24.5. The van der Waals surface area contributed by atoms with Crippen molar-refractivity contribution in [3.05, 3.63) is 48.1 Å². The van der Waals surface area contributed by atoms with Gasteiger partial charge in [-0.05, 0) is 30.5 Å². The van der Waals surface area contributed by atoms with E-state index >= 15 is 0 Å². The van der Waals surface area contributed by atoms with Crippen LogP contribution in [0.4, 0.5) is 5.69 Å². The zero-order valence-electron chi connectivity index (χ0n) is 14.9. The van der Waals surface area contributed by atoms with Gasteiger partial charge in [0, 0.05) is 38.8 Å². The Kier molecular flexibility index (Phi) is 9.70. The van der Waals surface area contributed by atoms with Crippen molar-refractivity contribution in [2.24, 2.45) is 0 Å². The van der Waals surface area contributed by atoms with Crippen molar-refractivity contribution >= 4 is 23.6 Å². The van der Waals surface area contributed by atoms with E-state index in [0.29, 0.717) is 19.4 Å². The molecule has 3 N–H and O–H groups in total. The summed E-state index contributed by atoms with van der Waals surface area (Å²) in [6, 6.07) is 8.13. The number of carbonyl (C=O) groups is 2. The summed E-state index contributed by atoms with van der Waals surface area (Å²) < 4.78 is 0. The van der Waals surface area contributed by atoms with E-state index in [4.69, 9.17) is 5.21 Å². The molecule has 136 valence electrons. The highest BCUT2D eigenvalue weighted by molar-refractivity contribution is 5.87. The molecule has 0 fully saturated rings. The summed E-state index contributed by atoms with van der Waals surface area (Å²) in [6.07, 6.45) is 9.57. The predicted molar refractivity (Wildman–Crippen MR) is 100 cm³/mol. The van der Waals surface area contributed by atoms with E-state index in [-0.39, 0.29) is 11.8 Å². The Morgan fingerprint density at radius 3 is 2.44 bits per heavy atom. The summed E-state index contributed by atoms with van der Waals surface area (Å²) in [5, 5.41) is 11.1. The average Bonchev–Trinajstić information content (AvgIpc) is 2.61. The second-order valence-corrected chi connectivity index (χ2v) is 5.84. The Morgan fingerprint density at radius 2 is 1.80 bits per heavy atom. The molecule has 0 aromatic heterocycles. The largest absolute Gasteiger partial charge is 0.378 e. The second-order valence-electron chi connectivity index (χ2n) is 5.84. The van der Waals surface area contributed by atoms with Gasteiger partial charge in [-0.3, -0.25) is 14.8 Å². The zero-order chi connectivity index (χ0) is 18.5. The first kappa shape index (κ1) is 20.4. The number of anilines is 1. The third-order valence-electron chi connectivity index (χ3n) is 3.56. The van der Waals surface area contributed by atoms with Crippen molar-refractivity contribution in [2.45, 2.75) is 25.7 Å². The molecule has 0 heterocycles. The monoisotopic (exact) mass is 345 g/mol. The molecule has 0 spiro atoms. The van der Waals surface area contributed by atoms with Gasteiger partial charge in [-0.1, -0.05) is 36.8 Å². The maximum absolute atomic E-state index is 11.6. The van der Waals surface area contributed by atoms with Crippen molar-refractivity contribution < 1.29 is 14.8 Å². The molecule has 1 rings (SSSR count). The van der Waals surface area contributed by atoms with Crippen LogP contribution in [0.1, 0.15) is 31.2 Å². The highest BCUT2D eigenvalue weighted by atomic mass is 16.5. The van der Waals surface area contributed by atoms with Crippen molar-refractivity contribution in [1.82, 2.24) is 10.8 Å². The van der Waals surface area contributed by atoms with Gasteiger partial charge in [0.2, 0.25) is 11.8 Å². The number of carbonyl (C=O) groups excluding carboxylic acids is 2. The molecule has 2 amide bonds. The van der Waals surface area contributed by atoms with Gasteiger partial charge < -0.3 is 10.2 Å². The summed E-state index contributed by atoms with van der Waals surface area (Å²) >= 11 is 0. The number of amides is 2. The molecule has 0 atom stereocenters. The Morgan fingerprint density at radius 1 is 1.08 bits per heavy atom. The summed E-state index contributed by atoms with van der Waals surface area (Å²) in [5.74, 6) is -0.518. The number of nitrogens with one attached hydrogen (secondary N) is 2. The smallest absolute Gasteiger partial charge is 0.243 e. The molecule has 0 aliphatic carbocycles. The Hall–Kier alpha value is -2.60. The molecule has 0 bridgehead atoms. The molecule has 25 heavy (non-hydrogen) atoms. The zero-order valence-corrected chi connectivity index (χ0v) is 14.9. The Balaban J connectivity index is 2.20. The van der Waals surface area contributed by atoms with Crippen LogP contribution in [-0.2, 0) is 9.59 Å². The minimum atomic E-state index is -0.380. The SMILES string of the molecule is CN(C)c1ccc(C=CC=CC(=O)NCCCCCC(=O)NO)cc1. The number of allylic oxidation sites excluding steroid dienone is 2. The molecule has 0 saturated heterocycles. The van der Waals surface area contributed by atoms with Crippen LogP contribution in [0.25, 0.3) is 6.08 Å². The summed E-state index contributed by atoms with van der Waals surface area (Å²) in [5.41, 5.74) is 3.81. The fraction of sp³-hybridized carbons (Fsp3) is 0.368. The fourth-order valence-corrected chi connectivity index (χ4v) is 2.11. The number of rotatable bonds is 10. The number of hydrogen-bond acceptors (Lipinski definition) is 4. The average molecular weight is 345 g/mol. The van der Waals surface area contributed by atoms with Crippen LogP contribution in [0.2, 0.25) is 0 Å². The standard InChI is InChI=1S/C19H27N3O3/c1-22(2)17-13-11-16(12-14-17)8-5-6-9-18(23)20-15-7-3-4-10-19(24)21-25/h5-6,8-9,11-14,25H,3-4,7,10,15H2,1-2H3,(H,20,23)(H,21,24). The van der Waals surface area contributed by atoms with E-state index in [9.17, 15) is 9.59 Å². The lowest BCUT2D eigenvalue weighted by Gasteiger charge is -2.11. The van der Waals surface area contributed by atoms with Crippen LogP contribution >= 0.6 is 0 Å². The molecule has 1 aromatic carbocycles. The van der Waals surface area contributed by atoms with Crippen LogP contribution in [0.15, 0.2) is 42.5 Å². The van der Waals surface area contributed by atoms with Gasteiger partial charge >= 0.3 is 0 Å². The summed E-state index contributed by atoms with van der Waals surface area (Å²) in [6.45, 7) is 0.569. The first-order valence-corrected chi connectivity index (χ1v) is 8.36. The molecule has 0 radical (unpaired) electrons. The third kappa shape index (κ3) is 9.32. The minimum Gasteiger partial charge on any atom is -0.378 e. The van der Waals surface area contributed by atoms with Gasteiger partial charge in [-0.15, -0.1) is 0 Å². The van der Waals surface area contributed by atoms with Crippen molar-refractivity contribution in [3.8, 4) is 0 Å². The van der Waals surface area contributed by atoms with Crippen molar-refractivity contribution in [2.75, 3.05) is 25.5 Å². The number of nitrogens with zero attached hydrogens (tertiary/aromatic N) is 1. The topological polar surface area (TPSA) is 81.7 Å². The van der Waals surface area contributed by atoms with Crippen molar-refractivity contribution in [3.63, 3.8) is 0 Å². The Bertz CT molecular complexity index is 592. The van der Waals surface area contributed by atoms with Gasteiger partial charge in [0.05, 0.1) is 0 Å². The van der Waals surface area contributed by atoms with E-state index in [1.54, 1.807) is 11.6 Å². The molecular weight excluding hydrogens is 318 g/mol. The quantitative estimate of drug-likeness (QED) is 0.200. The molecule has 0 unspecified atom stereocenters. The van der Waals surface area contributed by atoms with Crippen LogP contribution in [0.3, 0.4) is 0 Å². The van der Waals surface area contributed by atoms with E-state index in [0.717, 1.165) is 24.1 Å². The predicted octanol–water partition coefficient (Wildman–Crippen LogP) is 2.50. The van der Waals surface area contributed by atoms with Crippen LogP contribution < -0.4 is 15.7 Å². The van der Waals surface area contributed by atoms with Gasteiger partial charge in [-0.2, -0.15) is 0 Å². The summed E-state index contributed by atoms with van der Waals surface area (Å²) in [7, 11) is 4.00. The maximum Gasteiger partial charge on any atom is 0.243 e. The first-order valence-electron chi connectivity index (χ1n) is 8.36. The molecule has 6 nitrogen and oxygen atoms in total. The molecule has 0 aliphatic rings. The van der Waals surface area contributed by atoms with Gasteiger partial charge in [-0.25, -0.2) is 5.48 Å². The van der Waals surface area contributed by atoms with Crippen LogP contribution in [-0.4, -0.2) is 37.7 Å². The van der Waals surface area contributed by atoms with Gasteiger partial charge in [0.1, 0.15) is 0 Å². The van der Waals surface area contributed by atoms with Crippen LogP contribution in [0, 0.1) is 0 Å². The van der Waals surface area contributed by atoms with E-state index in [1.165, 1.54) is 6.08 Å². The number of benzene rings is 1.